The molecule has 0 aliphatic rings. The molecule has 0 aliphatic carbocycles. The minimum absolute atomic E-state index is 0.809. The summed E-state index contributed by atoms with van der Waals surface area (Å²) in [5, 5.41) is 3.27. The van der Waals surface area contributed by atoms with Crippen LogP contribution in [0, 0.1) is 13.8 Å². The first-order chi connectivity index (χ1) is 7.20. The summed E-state index contributed by atoms with van der Waals surface area (Å²) in [6, 6.07) is 4.31. The number of H-pyrrole nitrogens is 1. The van der Waals surface area contributed by atoms with Gasteiger partial charge < -0.3 is 10.3 Å². The third-order valence-electron chi connectivity index (χ3n) is 2.51. The van der Waals surface area contributed by atoms with Crippen molar-refractivity contribution in [3.63, 3.8) is 0 Å². The largest absolute Gasteiger partial charge is 0.341 e. The summed E-state index contributed by atoms with van der Waals surface area (Å²) in [4.78, 5) is 7.91. The number of rotatable bonds is 3. The first kappa shape index (κ1) is 10.2. The molecule has 0 amide bonds. The average molecular weight is 203 g/mol. The zero-order valence-electron chi connectivity index (χ0n) is 9.52. The van der Waals surface area contributed by atoms with E-state index in [9.17, 15) is 0 Å². The van der Waals surface area contributed by atoms with Gasteiger partial charge in [0, 0.05) is 0 Å². The molecule has 0 bridgehead atoms. The number of nitrogens with zero attached hydrogens (tertiary/aromatic N) is 1. The van der Waals surface area contributed by atoms with Gasteiger partial charge in [-0.15, -0.1) is 0 Å². The van der Waals surface area contributed by atoms with E-state index in [0.29, 0.717) is 0 Å². The van der Waals surface area contributed by atoms with E-state index in [1.807, 2.05) is 0 Å². The summed E-state index contributed by atoms with van der Waals surface area (Å²) in [6.07, 6.45) is 0. The first-order valence-corrected chi connectivity index (χ1v) is 5.37. The highest BCUT2D eigenvalue weighted by molar-refractivity contribution is 5.79. The second-order valence-electron chi connectivity index (χ2n) is 3.94. The van der Waals surface area contributed by atoms with Gasteiger partial charge in [-0.3, -0.25) is 0 Å². The van der Waals surface area contributed by atoms with Gasteiger partial charge in [0.1, 0.15) is 5.82 Å². The van der Waals surface area contributed by atoms with Gasteiger partial charge >= 0.3 is 0 Å². The van der Waals surface area contributed by atoms with Gasteiger partial charge in [-0.2, -0.15) is 0 Å². The van der Waals surface area contributed by atoms with Crippen molar-refractivity contribution in [2.24, 2.45) is 0 Å². The third kappa shape index (κ3) is 2.02. The molecule has 2 N–H and O–H groups in total. The Labute approximate surface area is 89.9 Å². The SMILES string of the molecule is CCNCc1nc2c(C)cc(C)cc2[nH]1. The molecule has 0 saturated carbocycles. The fraction of sp³-hybridized carbons (Fsp3) is 0.417. The molecular formula is C12H17N3. The molecule has 1 aromatic heterocycles. The molecule has 80 valence electrons. The molecule has 0 atom stereocenters. The first-order valence-electron chi connectivity index (χ1n) is 5.37. The number of aromatic nitrogens is 2. The zero-order chi connectivity index (χ0) is 10.8. The van der Waals surface area contributed by atoms with Crippen molar-refractivity contribution >= 4 is 11.0 Å². The molecule has 0 aliphatic heterocycles. The highest BCUT2D eigenvalue weighted by Gasteiger charge is 2.05. The van der Waals surface area contributed by atoms with Crippen molar-refractivity contribution in [3.05, 3.63) is 29.1 Å². The van der Waals surface area contributed by atoms with Crippen LogP contribution in [0.5, 0.6) is 0 Å². The molecule has 1 heterocycles. The third-order valence-corrected chi connectivity index (χ3v) is 2.51. The van der Waals surface area contributed by atoms with Crippen molar-refractivity contribution in [2.75, 3.05) is 6.54 Å². The normalized spacial score (nSPS) is 11.1. The van der Waals surface area contributed by atoms with E-state index in [0.717, 1.165) is 29.9 Å². The molecule has 2 aromatic rings. The molecule has 3 heteroatoms. The van der Waals surface area contributed by atoms with Crippen molar-refractivity contribution in [3.8, 4) is 0 Å². The predicted octanol–water partition coefficient (Wildman–Crippen LogP) is 2.29. The van der Waals surface area contributed by atoms with Gasteiger partial charge in [0.25, 0.3) is 0 Å². The summed E-state index contributed by atoms with van der Waals surface area (Å²) in [6.45, 7) is 8.08. The molecule has 0 spiro atoms. The van der Waals surface area contributed by atoms with Crippen molar-refractivity contribution < 1.29 is 0 Å². The second-order valence-corrected chi connectivity index (χ2v) is 3.94. The molecule has 0 radical (unpaired) electrons. The van der Waals surface area contributed by atoms with E-state index >= 15 is 0 Å². The van der Waals surface area contributed by atoms with E-state index in [2.05, 4.69) is 48.2 Å². The fourth-order valence-corrected chi connectivity index (χ4v) is 1.85. The minimum atomic E-state index is 0.809. The van der Waals surface area contributed by atoms with E-state index in [4.69, 9.17) is 0 Å². The lowest BCUT2D eigenvalue weighted by atomic mass is 10.1. The Morgan fingerprint density at radius 2 is 2.13 bits per heavy atom. The van der Waals surface area contributed by atoms with Crippen LogP contribution < -0.4 is 5.32 Å². The van der Waals surface area contributed by atoms with Crippen LogP contribution in [0.1, 0.15) is 23.9 Å². The number of aryl methyl sites for hydroxylation is 2. The van der Waals surface area contributed by atoms with Crippen LogP contribution in [-0.2, 0) is 6.54 Å². The van der Waals surface area contributed by atoms with Gasteiger partial charge in [-0.25, -0.2) is 4.98 Å². The monoisotopic (exact) mass is 203 g/mol. The molecule has 2 rings (SSSR count). The molecule has 0 fully saturated rings. The minimum Gasteiger partial charge on any atom is -0.341 e. The summed E-state index contributed by atoms with van der Waals surface area (Å²) in [7, 11) is 0. The smallest absolute Gasteiger partial charge is 0.121 e. The fourth-order valence-electron chi connectivity index (χ4n) is 1.85. The van der Waals surface area contributed by atoms with Crippen LogP contribution in [0.15, 0.2) is 12.1 Å². The van der Waals surface area contributed by atoms with Crippen molar-refractivity contribution in [2.45, 2.75) is 27.3 Å². The number of fused-ring (bicyclic) bond motifs is 1. The number of hydrogen-bond donors (Lipinski definition) is 2. The van der Waals surface area contributed by atoms with Crippen LogP contribution in [0.25, 0.3) is 11.0 Å². The Morgan fingerprint density at radius 3 is 2.87 bits per heavy atom. The van der Waals surface area contributed by atoms with E-state index in [1.165, 1.54) is 11.1 Å². The summed E-state index contributed by atoms with van der Waals surface area (Å²) in [5.41, 5.74) is 4.75. The van der Waals surface area contributed by atoms with Crippen LogP contribution in [-0.4, -0.2) is 16.5 Å². The lowest BCUT2D eigenvalue weighted by Crippen LogP contribution is -2.12. The number of hydrogen-bond acceptors (Lipinski definition) is 2. The molecule has 0 unspecified atom stereocenters. The lowest BCUT2D eigenvalue weighted by Gasteiger charge is -1.96. The highest BCUT2D eigenvalue weighted by Crippen LogP contribution is 2.17. The standard InChI is InChI=1S/C12H17N3/c1-4-13-7-11-14-10-6-8(2)5-9(3)12(10)15-11/h5-6,13H,4,7H2,1-3H3,(H,14,15). The molecular weight excluding hydrogens is 186 g/mol. The number of aromatic amines is 1. The number of benzene rings is 1. The second kappa shape index (κ2) is 4.03. The Balaban J connectivity index is 2.41. The lowest BCUT2D eigenvalue weighted by molar-refractivity contribution is 0.700. The predicted molar refractivity (Wildman–Crippen MR) is 62.9 cm³/mol. The quantitative estimate of drug-likeness (QED) is 0.803. The summed E-state index contributed by atoms with van der Waals surface area (Å²) in [5.74, 6) is 1.01. The topological polar surface area (TPSA) is 40.7 Å². The molecule has 15 heavy (non-hydrogen) atoms. The van der Waals surface area contributed by atoms with E-state index in [-0.39, 0.29) is 0 Å². The van der Waals surface area contributed by atoms with Crippen LogP contribution >= 0.6 is 0 Å². The van der Waals surface area contributed by atoms with Crippen LogP contribution in [0.2, 0.25) is 0 Å². The molecule has 1 aromatic carbocycles. The van der Waals surface area contributed by atoms with E-state index < -0.39 is 0 Å². The number of nitrogens with one attached hydrogen (secondary N) is 2. The highest BCUT2D eigenvalue weighted by atomic mass is 15.0. The maximum atomic E-state index is 4.57. The molecule has 3 nitrogen and oxygen atoms in total. The average Bonchev–Trinajstić information content (AvgIpc) is 2.57. The van der Waals surface area contributed by atoms with Gasteiger partial charge in [-0.05, 0) is 37.6 Å². The summed E-state index contributed by atoms with van der Waals surface area (Å²) >= 11 is 0. The van der Waals surface area contributed by atoms with Crippen LogP contribution in [0.3, 0.4) is 0 Å². The Bertz CT molecular complexity index is 471. The van der Waals surface area contributed by atoms with Crippen LogP contribution in [0.4, 0.5) is 0 Å². The van der Waals surface area contributed by atoms with Crippen molar-refractivity contribution in [1.82, 2.24) is 15.3 Å². The van der Waals surface area contributed by atoms with Crippen molar-refractivity contribution in [1.29, 1.82) is 0 Å². The van der Waals surface area contributed by atoms with Gasteiger partial charge in [0.2, 0.25) is 0 Å². The van der Waals surface area contributed by atoms with Gasteiger partial charge in [-0.1, -0.05) is 13.0 Å². The van der Waals surface area contributed by atoms with Gasteiger partial charge in [0.05, 0.1) is 17.6 Å². The van der Waals surface area contributed by atoms with E-state index in [1.54, 1.807) is 0 Å². The Hall–Kier alpha value is -1.35. The Morgan fingerprint density at radius 1 is 1.33 bits per heavy atom. The molecule has 0 saturated heterocycles. The van der Waals surface area contributed by atoms with Gasteiger partial charge in [0.15, 0.2) is 0 Å². The summed E-state index contributed by atoms with van der Waals surface area (Å²) < 4.78 is 0. The zero-order valence-corrected chi connectivity index (χ0v) is 9.52. The maximum Gasteiger partial charge on any atom is 0.121 e. The maximum absolute atomic E-state index is 4.57. The number of imidazole rings is 1. The Kier molecular flexibility index (Phi) is 2.73.